The third-order valence-electron chi connectivity index (χ3n) is 4.23. The van der Waals surface area contributed by atoms with Crippen LogP contribution in [0.5, 0.6) is 5.75 Å². The summed E-state index contributed by atoms with van der Waals surface area (Å²) in [5.74, 6) is 8.16. The number of thioether (sulfide) groups is 1. The van der Waals surface area contributed by atoms with Gasteiger partial charge in [-0.05, 0) is 29.8 Å². The molecule has 0 spiro atoms. The lowest BCUT2D eigenvalue weighted by atomic mass is 10.2. The van der Waals surface area contributed by atoms with Crippen LogP contribution < -0.4 is 10.6 Å². The van der Waals surface area contributed by atoms with Crippen LogP contribution in [-0.2, 0) is 12.2 Å². The summed E-state index contributed by atoms with van der Waals surface area (Å²) >= 11 is 9.09. The molecule has 2 aromatic heterocycles. The minimum Gasteiger partial charge on any atom is -0.496 e. The van der Waals surface area contributed by atoms with Crippen molar-refractivity contribution in [2.45, 2.75) is 17.3 Å². The third kappa shape index (κ3) is 4.55. The minimum atomic E-state index is 0.562. The van der Waals surface area contributed by atoms with Crippen molar-refractivity contribution in [2.24, 2.45) is 0 Å². The van der Waals surface area contributed by atoms with Gasteiger partial charge in [0.25, 0.3) is 0 Å². The van der Waals surface area contributed by atoms with Gasteiger partial charge >= 0.3 is 0 Å². The fourth-order valence-electron chi connectivity index (χ4n) is 2.80. The zero-order valence-electron chi connectivity index (χ0n) is 15.6. The number of halogens is 1. The van der Waals surface area contributed by atoms with Crippen molar-refractivity contribution >= 4 is 34.7 Å². The van der Waals surface area contributed by atoms with Crippen LogP contribution in [-0.4, -0.2) is 27.0 Å². The number of aromatic nitrogens is 4. The summed E-state index contributed by atoms with van der Waals surface area (Å²) in [6.45, 7) is 0. The van der Waals surface area contributed by atoms with Crippen LogP contribution in [0.3, 0.4) is 0 Å². The molecule has 4 rings (SSSR count). The monoisotopic (exact) mass is 443 g/mol. The van der Waals surface area contributed by atoms with Crippen LogP contribution in [0.2, 0.25) is 5.02 Å². The van der Waals surface area contributed by atoms with Gasteiger partial charge in [0, 0.05) is 22.6 Å². The third-order valence-corrected chi connectivity index (χ3v) is 6.36. The van der Waals surface area contributed by atoms with Crippen molar-refractivity contribution in [1.82, 2.24) is 19.9 Å². The number of rotatable bonds is 7. The van der Waals surface area contributed by atoms with Crippen molar-refractivity contribution in [3.8, 4) is 17.1 Å². The zero-order chi connectivity index (χ0) is 20.2. The van der Waals surface area contributed by atoms with E-state index in [1.165, 1.54) is 22.0 Å². The Hall–Kier alpha value is -2.55. The van der Waals surface area contributed by atoms with Gasteiger partial charge in [-0.1, -0.05) is 47.6 Å². The molecule has 9 heteroatoms. The molecule has 4 aromatic rings. The first kappa shape index (κ1) is 19.8. The van der Waals surface area contributed by atoms with Gasteiger partial charge in [-0.15, -0.1) is 21.5 Å². The molecule has 2 N–H and O–H groups in total. The number of ether oxygens (including phenoxy) is 1. The number of thiazole rings is 1. The second kappa shape index (κ2) is 8.86. The highest BCUT2D eigenvalue weighted by Gasteiger charge is 2.16. The van der Waals surface area contributed by atoms with Gasteiger partial charge in [-0.3, -0.25) is 0 Å². The normalized spacial score (nSPS) is 11.0. The summed E-state index contributed by atoms with van der Waals surface area (Å²) in [5.41, 5.74) is 2.98. The van der Waals surface area contributed by atoms with Crippen LogP contribution in [0.1, 0.15) is 16.3 Å². The largest absolute Gasteiger partial charge is 0.496 e. The van der Waals surface area contributed by atoms with Crippen molar-refractivity contribution in [3.05, 3.63) is 75.2 Å². The lowest BCUT2D eigenvalue weighted by Gasteiger charge is -2.07. The lowest BCUT2D eigenvalue weighted by molar-refractivity contribution is 0.416. The summed E-state index contributed by atoms with van der Waals surface area (Å²) in [6, 6.07) is 15.4. The van der Waals surface area contributed by atoms with Crippen LogP contribution >= 0.6 is 34.7 Å². The number of nitrogens with two attached hydrogens (primary N) is 1. The van der Waals surface area contributed by atoms with E-state index in [0.29, 0.717) is 22.5 Å². The predicted octanol–water partition coefficient (Wildman–Crippen LogP) is 4.66. The molecule has 0 saturated heterocycles. The Morgan fingerprint density at radius 3 is 2.72 bits per heavy atom. The fraction of sp³-hybridized carbons (Fsp3) is 0.150. The van der Waals surface area contributed by atoms with Crippen LogP contribution in [0.15, 0.2) is 59.1 Å². The minimum absolute atomic E-state index is 0.562. The number of nitrogen functional groups attached to an aromatic ring is 1. The molecule has 0 atom stereocenters. The maximum atomic E-state index is 6.23. The maximum Gasteiger partial charge on any atom is 0.210 e. The van der Waals surface area contributed by atoms with E-state index in [9.17, 15) is 0 Å². The molecule has 2 heterocycles. The van der Waals surface area contributed by atoms with E-state index in [4.69, 9.17) is 27.2 Å². The van der Waals surface area contributed by atoms with Gasteiger partial charge in [0.05, 0.1) is 23.4 Å². The van der Waals surface area contributed by atoms with Gasteiger partial charge in [-0.2, -0.15) is 0 Å². The highest BCUT2D eigenvalue weighted by molar-refractivity contribution is 7.98. The number of hydrogen-bond acceptors (Lipinski definition) is 7. The molecule has 6 nitrogen and oxygen atoms in total. The van der Waals surface area contributed by atoms with Crippen LogP contribution in [0.25, 0.3) is 11.4 Å². The zero-order valence-corrected chi connectivity index (χ0v) is 18.0. The summed E-state index contributed by atoms with van der Waals surface area (Å²) in [6.07, 6.45) is 0.789. The Morgan fingerprint density at radius 1 is 1.14 bits per heavy atom. The number of nitrogens with zero attached hydrogens (tertiary/aromatic N) is 4. The Labute approximate surface area is 181 Å². The predicted molar refractivity (Wildman–Crippen MR) is 118 cm³/mol. The molecule has 0 fully saturated rings. The van der Waals surface area contributed by atoms with Gasteiger partial charge in [-0.25, -0.2) is 9.66 Å². The average molecular weight is 444 g/mol. The molecule has 0 aliphatic carbocycles. The second-order valence-corrected chi connectivity index (χ2v) is 8.52. The van der Waals surface area contributed by atoms with Crippen LogP contribution in [0, 0.1) is 0 Å². The van der Waals surface area contributed by atoms with Crippen molar-refractivity contribution < 1.29 is 4.74 Å². The van der Waals surface area contributed by atoms with Gasteiger partial charge in [0.15, 0.2) is 5.82 Å². The molecule has 0 amide bonds. The molecule has 0 bridgehead atoms. The molecule has 2 aromatic carbocycles. The van der Waals surface area contributed by atoms with E-state index < -0.39 is 0 Å². The SMILES string of the molecule is COc1ccccc1-c1nnc(SCc2csc(Cc3ccc(Cl)cc3)n2)n1N. The standard InChI is InChI=1S/C20H18ClN5OS2/c1-27-17-5-3-2-4-16(17)19-24-25-20(26(19)22)29-12-15-11-28-18(23-15)10-13-6-8-14(21)9-7-13/h2-9,11H,10,12,22H2,1H3. The van der Waals surface area contributed by atoms with Crippen molar-refractivity contribution in [1.29, 1.82) is 0 Å². The number of methoxy groups -OCH3 is 1. The van der Waals surface area contributed by atoms with E-state index in [-0.39, 0.29) is 0 Å². The highest BCUT2D eigenvalue weighted by atomic mass is 35.5. The number of hydrogen-bond donors (Lipinski definition) is 1. The molecule has 0 aliphatic rings. The number of para-hydroxylation sites is 1. The molecule has 0 aliphatic heterocycles. The topological polar surface area (TPSA) is 78.9 Å². The van der Waals surface area contributed by atoms with Crippen LogP contribution in [0.4, 0.5) is 0 Å². The highest BCUT2D eigenvalue weighted by Crippen LogP contribution is 2.30. The molecular formula is C20H18ClN5OS2. The van der Waals surface area contributed by atoms with Crippen molar-refractivity contribution in [3.63, 3.8) is 0 Å². The molecule has 0 unspecified atom stereocenters. The van der Waals surface area contributed by atoms with E-state index in [2.05, 4.69) is 15.6 Å². The first-order valence-electron chi connectivity index (χ1n) is 8.78. The van der Waals surface area contributed by atoms with E-state index in [0.717, 1.165) is 27.7 Å². The molecule has 29 heavy (non-hydrogen) atoms. The quantitative estimate of drug-likeness (QED) is 0.330. The molecule has 148 valence electrons. The summed E-state index contributed by atoms with van der Waals surface area (Å²) in [7, 11) is 1.62. The maximum absolute atomic E-state index is 6.23. The summed E-state index contributed by atoms with van der Waals surface area (Å²) in [4.78, 5) is 4.71. The lowest BCUT2D eigenvalue weighted by Crippen LogP contribution is -2.12. The molecular weight excluding hydrogens is 426 g/mol. The summed E-state index contributed by atoms with van der Waals surface area (Å²) in [5, 5.41) is 12.9. The van der Waals surface area contributed by atoms with Gasteiger partial charge < -0.3 is 10.6 Å². The van der Waals surface area contributed by atoms with Gasteiger partial charge in [0.1, 0.15) is 5.75 Å². The second-order valence-electron chi connectivity index (χ2n) is 6.20. The van der Waals surface area contributed by atoms with E-state index >= 15 is 0 Å². The molecule has 0 saturated carbocycles. The van der Waals surface area contributed by atoms with E-state index in [1.54, 1.807) is 18.4 Å². The Morgan fingerprint density at radius 2 is 1.93 bits per heavy atom. The Bertz CT molecular complexity index is 1110. The summed E-state index contributed by atoms with van der Waals surface area (Å²) < 4.78 is 6.88. The van der Waals surface area contributed by atoms with E-state index in [1.807, 2.05) is 48.5 Å². The average Bonchev–Trinajstić information content (AvgIpc) is 3.34. The first-order chi connectivity index (χ1) is 14.1. The smallest absolute Gasteiger partial charge is 0.210 e. The van der Waals surface area contributed by atoms with Gasteiger partial charge in [0.2, 0.25) is 5.16 Å². The Kier molecular flexibility index (Phi) is 6.03. The molecule has 0 radical (unpaired) electrons. The first-order valence-corrected chi connectivity index (χ1v) is 11.0. The number of benzene rings is 2. The fourth-order valence-corrected chi connectivity index (χ4v) is 4.61. The van der Waals surface area contributed by atoms with Crippen molar-refractivity contribution in [2.75, 3.05) is 13.0 Å². The Balaban J connectivity index is 1.43.